The molecule has 1 unspecified atom stereocenters. The molecule has 0 aliphatic heterocycles. The van der Waals surface area contributed by atoms with E-state index < -0.39 is 17.7 Å². The number of aryl methyl sites for hydroxylation is 3. The molecule has 0 aliphatic rings. The highest BCUT2D eigenvalue weighted by atomic mass is 16.6. The molecule has 34 heavy (non-hydrogen) atoms. The number of benzene rings is 2. The minimum absolute atomic E-state index is 0.270. The Kier molecular flexibility index (Phi) is 9.24. The van der Waals surface area contributed by atoms with Crippen molar-refractivity contribution >= 4 is 23.6 Å². The van der Waals surface area contributed by atoms with Crippen LogP contribution in [0.3, 0.4) is 0 Å². The van der Waals surface area contributed by atoms with E-state index >= 15 is 0 Å². The molecular formula is C27H37N3O4. The highest BCUT2D eigenvalue weighted by molar-refractivity contribution is 5.98. The number of alkyl carbamates (subject to hydrolysis) is 1. The van der Waals surface area contributed by atoms with Gasteiger partial charge in [0.25, 0.3) is 5.91 Å². The summed E-state index contributed by atoms with van der Waals surface area (Å²) >= 11 is 0. The lowest BCUT2D eigenvalue weighted by Crippen LogP contribution is -2.46. The standard InChI is InChI=1S/C27H37N3O4/c1-8-15-30(23(31)17-28-26(33)34-27(5,6)7)24(21-14-13-18(2)20(4)16-21)25(32)29-22-12-10-9-11-19(22)3/h9-14,16,24H,8,15,17H2,1-7H3,(H,28,33)(H,29,32). The van der Waals surface area contributed by atoms with Crippen LogP contribution in [0, 0.1) is 20.8 Å². The van der Waals surface area contributed by atoms with Crippen molar-refractivity contribution in [3.05, 3.63) is 64.7 Å². The molecule has 7 nitrogen and oxygen atoms in total. The number of carbonyl (C=O) groups is 3. The summed E-state index contributed by atoms with van der Waals surface area (Å²) in [6.07, 6.45) is -0.0265. The lowest BCUT2D eigenvalue weighted by molar-refractivity contribution is -0.138. The van der Waals surface area contributed by atoms with Gasteiger partial charge in [0, 0.05) is 12.2 Å². The maximum Gasteiger partial charge on any atom is 0.408 e. The summed E-state index contributed by atoms with van der Waals surface area (Å²) in [5.41, 5.74) is 3.79. The van der Waals surface area contributed by atoms with Gasteiger partial charge in [-0.25, -0.2) is 4.79 Å². The van der Waals surface area contributed by atoms with Gasteiger partial charge in [-0.2, -0.15) is 0 Å². The molecule has 2 rings (SSSR count). The van der Waals surface area contributed by atoms with E-state index in [-0.39, 0.29) is 18.4 Å². The SMILES string of the molecule is CCCN(C(=O)CNC(=O)OC(C)(C)C)C(C(=O)Nc1ccccc1C)c1ccc(C)c(C)c1. The van der Waals surface area contributed by atoms with E-state index in [9.17, 15) is 14.4 Å². The largest absolute Gasteiger partial charge is 0.444 e. The van der Waals surface area contributed by atoms with Gasteiger partial charge in [-0.05, 0) is 76.3 Å². The Morgan fingerprint density at radius 3 is 2.24 bits per heavy atom. The minimum atomic E-state index is -0.855. The quantitative estimate of drug-likeness (QED) is 0.568. The monoisotopic (exact) mass is 467 g/mol. The van der Waals surface area contributed by atoms with Crippen molar-refractivity contribution in [1.82, 2.24) is 10.2 Å². The van der Waals surface area contributed by atoms with Crippen molar-refractivity contribution < 1.29 is 19.1 Å². The molecule has 0 heterocycles. The van der Waals surface area contributed by atoms with Crippen molar-refractivity contribution in [2.75, 3.05) is 18.4 Å². The van der Waals surface area contributed by atoms with Gasteiger partial charge in [0.15, 0.2) is 0 Å². The fraction of sp³-hybridized carbons (Fsp3) is 0.444. The highest BCUT2D eigenvalue weighted by Gasteiger charge is 2.32. The average Bonchev–Trinajstić information content (AvgIpc) is 2.74. The number of anilines is 1. The third-order valence-electron chi connectivity index (χ3n) is 5.38. The zero-order valence-corrected chi connectivity index (χ0v) is 21.3. The molecule has 0 bridgehead atoms. The smallest absolute Gasteiger partial charge is 0.408 e. The van der Waals surface area contributed by atoms with Gasteiger partial charge in [0.1, 0.15) is 18.2 Å². The molecular weight excluding hydrogens is 430 g/mol. The molecule has 184 valence electrons. The minimum Gasteiger partial charge on any atom is -0.444 e. The van der Waals surface area contributed by atoms with Crippen LogP contribution in [0.4, 0.5) is 10.5 Å². The van der Waals surface area contributed by atoms with E-state index in [0.717, 1.165) is 16.7 Å². The maximum atomic E-state index is 13.6. The number of hydrogen-bond acceptors (Lipinski definition) is 4. The zero-order valence-electron chi connectivity index (χ0n) is 21.3. The molecule has 0 radical (unpaired) electrons. The summed E-state index contributed by atoms with van der Waals surface area (Å²) in [7, 11) is 0. The van der Waals surface area contributed by atoms with Gasteiger partial charge in [-0.15, -0.1) is 0 Å². The summed E-state index contributed by atoms with van der Waals surface area (Å²) < 4.78 is 5.24. The van der Waals surface area contributed by atoms with Crippen molar-refractivity contribution in [3.63, 3.8) is 0 Å². The molecule has 1 atom stereocenters. The second kappa shape index (κ2) is 11.7. The number of carbonyl (C=O) groups excluding carboxylic acids is 3. The molecule has 0 aliphatic carbocycles. The molecule has 0 saturated heterocycles. The Morgan fingerprint density at radius 2 is 1.65 bits per heavy atom. The van der Waals surface area contributed by atoms with Gasteiger partial charge in [0.2, 0.25) is 5.91 Å². The van der Waals surface area contributed by atoms with Crippen molar-refractivity contribution in [2.45, 2.75) is 66.5 Å². The first-order valence-corrected chi connectivity index (χ1v) is 11.6. The lowest BCUT2D eigenvalue weighted by atomic mass is 9.98. The van der Waals surface area contributed by atoms with E-state index in [1.165, 1.54) is 4.90 Å². The Morgan fingerprint density at radius 1 is 0.971 bits per heavy atom. The fourth-order valence-electron chi connectivity index (χ4n) is 3.52. The Bertz CT molecular complexity index is 1030. The van der Waals surface area contributed by atoms with Crippen LogP contribution >= 0.6 is 0 Å². The summed E-state index contributed by atoms with van der Waals surface area (Å²) in [5.74, 6) is -0.674. The van der Waals surface area contributed by atoms with Gasteiger partial charge < -0.3 is 20.3 Å². The third-order valence-corrected chi connectivity index (χ3v) is 5.38. The first-order chi connectivity index (χ1) is 15.9. The number of nitrogens with zero attached hydrogens (tertiary/aromatic N) is 1. The van der Waals surface area contributed by atoms with E-state index in [1.807, 2.05) is 70.2 Å². The number of amides is 3. The molecule has 2 aromatic rings. The Balaban J connectivity index is 2.37. The third kappa shape index (κ3) is 7.61. The van der Waals surface area contributed by atoms with Crippen LogP contribution in [0.5, 0.6) is 0 Å². The second-order valence-corrected chi connectivity index (χ2v) is 9.49. The zero-order chi connectivity index (χ0) is 25.5. The second-order valence-electron chi connectivity index (χ2n) is 9.49. The molecule has 0 fully saturated rings. The summed E-state index contributed by atoms with van der Waals surface area (Å²) in [5, 5.41) is 5.51. The molecule has 7 heteroatoms. The summed E-state index contributed by atoms with van der Waals surface area (Å²) in [6, 6.07) is 12.4. The van der Waals surface area contributed by atoms with Gasteiger partial charge >= 0.3 is 6.09 Å². The van der Waals surface area contributed by atoms with E-state index in [1.54, 1.807) is 20.8 Å². The van der Waals surface area contributed by atoms with Crippen LogP contribution in [-0.2, 0) is 14.3 Å². The Hall–Kier alpha value is -3.35. The predicted octanol–water partition coefficient (Wildman–Crippen LogP) is 5.05. The van der Waals surface area contributed by atoms with Crippen LogP contribution in [-0.4, -0.2) is 41.5 Å². The number of rotatable bonds is 8. The highest BCUT2D eigenvalue weighted by Crippen LogP contribution is 2.26. The van der Waals surface area contributed by atoms with Gasteiger partial charge in [-0.1, -0.05) is 43.3 Å². The van der Waals surface area contributed by atoms with Gasteiger partial charge in [0.05, 0.1) is 0 Å². The fourth-order valence-corrected chi connectivity index (χ4v) is 3.52. The van der Waals surface area contributed by atoms with E-state index in [2.05, 4.69) is 10.6 Å². The predicted molar refractivity (Wildman–Crippen MR) is 135 cm³/mol. The average molecular weight is 468 g/mol. The molecule has 2 aromatic carbocycles. The number of hydrogen-bond donors (Lipinski definition) is 2. The van der Waals surface area contributed by atoms with Crippen LogP contribution < -0.4 is 10.6 Å². The first-order valence-electron chi connectivity index (χ1n) is 11.6. The van der Waals surface area contributed by atoms with Crippen molar-refractivity contribution in [2.24, 2.45) is 0 Å². The maximum absolute atomic E-state index is 13.6. The molecule has 0 saturated carbocycles. The Labute approximate surface area is 202 Å². The summed E-state index contributed by atoms with van der Waals surface area (Å²) in [6.45, 7) is 13.2. The molecule has 0 spiro atoms. The number of ether oxygens (including phenoxy) is 1. The van der Waals surface area contributed by atoms with Crippen molar-refractivity contribution in [1.29, 1.82) is 0 Å². The van der Waals surface area contributed by atoms with Crippen LogP contribution in [0.25, 0.3) is 0 Å². The van der Waals surface area contributed by atoms with Crippen LogP contribution in [0.2, 0.25) is 0 Å². The normalized spacial score (nSPS) is 12.0. The summed E-state index contributed by atoms with van der Waals surface area (Å²) in [4.78, 5) is 40.5. The van der Waals surface area contributed by atoms with Crippen LogP contribution in [0.15, 0.2) is 42.5 Å². The molecule has 0 aromatic heterocycles. The number of para-hydroxylation sites is 1. The number of nitrogens with one attached hydrogen (secondary N) is 2. The van der Waals surface area contributed by atoms with Gasteiger partial charge in [-0.3, -0.25) is 9.59 Å². The van der Waals surface area contributed by atoms with Crippen LogP contribution in [0.1, 0.15) is 62.4 Å². The topological polar surface area (TPSA) is 87.7 Å². The lowest BCUT2D eigenvalue weighted by Gasteiger charge is -2.32. The molecule has 2 N–H and O–H groups in total. The first kappa shape index (κ1) is 26.9. The van der Waals surface area contributed by atoms with E-state index in [4.69, 9.17) is 4.74 Å². The van der Waals surface area contributed by atoms with Crippen molar-refractivity contribution in [3.8, 4) is 0 Å². The van der Waals surface area contributed by atoms with E-state index in [0.29, 0.717) is 24.2 Å². The molecule has 3 amide bonds.